The van der Waals surface area contributed by atoms with Crippen molar-refractivity contribution in [1.29, 1.82) is 0 Å². The molecule has 2 N–H and O–H groups in total. The van der Waals surface area contributed by atoms with Gasteiger partial charge in [-0.2, -0.15) is 0 Å². The molecule has 0 saturated carbocycles. The predicted molar refractivity (Wildman–Crippen MR) is 84.6 cm³/mol. The van der Waals surface area contributed by atoms with Gasteiger partial charge in [-0.1, -0.05) is 18.1 Å². The van der Waals surface area contributed by atoms with E-state index in [0.717, 1.165) is 27.9 Å². The molecule has 0 radical (unpaired) electrons. The number of hydrogen-bond acceptors (Lipinski definition) is 4. The van der Waals surface area contributed by atoms with Crippen LogP contribution in [0.3, 0.4) is 0 Å². The highest BCUT2D eigenvalue weighted by atomic mass is 15.0. The molecule has 0 saturated heterocycles. The van der Waals surface area contributed by atoms with E-state index in [1.807, 2.05) is 44.2 Å². The zero-order chi connectivity index (χ0) is 15.0. The molecule has 0 unspecified atom stereocenters. The Kier molecular flexibility index (Phi) is 3.03. The first-order chi connectivity index (χ1) is 10.1. The minimum atomic E-state index is 0.395. The minimum Gasteiger partial charge on any atom is -0.382 e. The average Bonchev–Trinajstić information content (AvgIpc) is 2.46. The van der Waals surface area contributed by atoms with Crippen LogP contribution in [0.4, 0.5) is 5.82 Å². The van der Waals surface area contributed by atoms with Crippen LogP contribution in [0, 0.1) is 26.2 Å². The van der Waals surface area contributed by atoms with Crippen LogP contribution in [0.5, 0.6) is 0 Å². The van der Waals surface area contributed by atoms with Gasteiger partial charge in [0.1, 0.15) is 11.3 Å². The number of benzene rings is 1. The van der Waals surface area contributed by atoms with Gasteiger partial charge in [0.25, 0.3) is 0 Å². The molecule has 4 nitrogen and oxygen atoms in total. The normalized spacial score (nSPS) is 10.5. The summed E-state index contributed by atoms with van der Waals surface area (Å²) in [5.41, 5.74) is 11.0. The van der Waals surface area contributed by atoms with Gasteiger partial charge >= 0.3 is 0 Å². The zero-order valence-corrected chi connectivity index (χ0v) is 11.9. The number of hydrogen-bond donors (Lipinski definition) is 1. The van der Waals surface area contributed by atoms with Crippen molar-refractivity contribution in [2.75, 3.05) is 5.73 Å². The molecule has 0 aliphatic rings. The number of nitrogens with two attached hydrogens (primary N) is 1. The summed E-state index contributed by atoms with van der Waals surface area (Å²) >= 11 is 0. The van der Waals surface area contributed by atoms with Gasteiger partial charge in [0.05, 0.1) is 11.2 Å². The molecule has 102 valence electrons. The first-order valence-electron chi connectivity index (χ1n) is 6.57. The van der Waals surface area contributed by atoms with Gasteiger partial charge < -0.3 is 5.73 Å². The molecule has 1 aromatic carbocycles. The van der Waals surface area contributed by atoms with Crippen LogP contribution in [0.25, 0.3) is 22.3 Å². The SMILES string of the molecule is C#Cc1cccc(-c2nc3c(N)nc(C)nc3cc2C)c1. The number of aryl methyl sites for hydroxylation is 2. The van der Waals surface area contributed by atoms with Crippen LogP contribution in [0.2, 0.25) is 0 Å². The molecule has 3 aromatic rings. The summed E-state index contributed by atoms with van der Waals surface area (Å²) in [6.07, 6.45) is 5.46. The minimum absolute atomic E-state index is 0.395. The Balaban J connectivity index is 2.28. The van der Waals surface area contributed by atoms with Crippen molar-refractivity contribution in [3.8, 4) is 23.6 Å². The number of aromatic nitrogens is 3. The molecule has 21 heavy (non-hydrogen) atoms. The molecule has 3 rings (SSSR count). The van der Waals surface area contributed by atoms with Gasteiger partial charge in [-0.3, -0.25) is 0 Å². The highest BCUT2D eigenvalue weighted by Crippen LogP contribution is 2.26. The predicted octanol–water partition coefficient (Wildman–Crippen LogP) is 2.87. The smallest absolute Gasteiger partial charge is 0.153 e. The van der Waals surface area contributed by atoms with E-state index in [9.17, 15) is 0 Å². The van der Waals surface area contributed by atoms with Gasteiger partial charge in [0, 0.05) is 11.1 Å². The molecule has 0 spiro atoms. The summed E-state index contributed by atoms with van der Waals surface area (Å²) in [7, 11) is 0. The van der Waals surface area contributed by atoms with Crippen molar-refractivity contribution in [1.82, 2.24) is 15.0 Å². The van der Waals surface area contributed by atoms with E-state index in [1.54, 1.807) is 0 Å². The molecule has 4 heteroatoms. The van der Waals surface area contributed by atoms with Crippen LogP contribution in [0.15, 0.2) is 30.3 Å². The monoisotopic (exact) mass is 274 g/mol. The quantitative estimate of drug-likeness (QED) is 0.693. The van der Waals surface area contributed by atoms with Gasteiger partial charge in [0.15, 0.2) is 5.82 Å². The Morgan fingerprint density at radius 2 is 1.90 bits per heavy atom. The van der Waals surface area contributed by atoms with Crippen LogP contribution in [-0.2, 0) is 0 Å². The summed E-state index contributed by atoms with van der Waals surface area (Å²) in [6, 6.07) is 9.70. The van der Waals surface area contributed by atoms with E-state index >= 15 is 0 Å². The van der Waals surface area contributed by atoms with E-state index in [-0.39, 0.29) is 0 Å². The van der Waals surface area contributed by atoms with Gasteiger partial charge in [-0.05, 0) is 37.6 Å². The lowest BCUT2D eigenvalue weighted by Crippen LogP contribution is -2.01. The Morgan fingerprint density at radius 1 is 1.10 bits per heavy atom. The number of fused-ring (bicyclic) bond motifs is 1. The van der Waals surface area contributed by atoms with Crippen LogP contribution in [0.1, 0.15) is 17.0 Å². The van der Waals surface area contributed by atoms with Gasteiger partial charge in [-0.25, -0.2) is 15.0 Å². The van der Waals surface area contributed by atoms with Crippen molar-refractivity contribution < 1.29 is 0 Å². The number of terminal acetylenes is 1. The molecule has 0 aliphatic carbocycles. The van der Waals surface area contributed by atoms with E-state index < -0.39 is 0 Å². The lowest BCUT2D eigenvalue weighted by molar-refractivity contribution is 1.09. The topological polar surface area (TPSA) is 64.7 Å². The first-order valence-corrected chi connectivity index (χ1v) is 6.57. The number of nitrogen functional groups attached to an aromatic ring is 1. The van der Waals surface area contributed by atoms with E-state index in [2.05, 4.69) is 20.9 Å². The van der Waals surface area contributed by atoms with Crippen molar-refractivity contribution in [2.45, 2.75) is 13.8 Å². The van der Waals surface area contributed by atoms with Crippen molar-refractivity contribution in [2.24, 2.45) is 0 Å². The average molecular weight is 274 g/mol. The molecular formula is C17H14N4. The van der Waals surface area contributed by atoms with Crippen LogP contribution >= 0.6 is 0 Å². The highest BCUT2D eigenvalue weighted by molar-refractivity contribution is 5.87. The Bertz CT molecular complexity index is 891. The second-order valence-electron chi connectivity index (χ2n) is 4.90. The number of nitrogens with zero attached hydrogens (tertiary/aromatic N) is 3. The molecule has 0 atom stereocenters. The number of pyridine rings is 1. The fraction of sp³-hybridized carbons (Fsp3) is 0.118. The molecule has 0 fully saturated rings. The number of anilines is 1. The third-order valence-electron chi connectivity index (χ3n) is 3.30. The summed E-state index contributed by atoms with van der Waals surface area (Å²) in [6.45, 7) is 3.81. The zero-order valence-electron chi connectivity index (χ0n) is 11.9. The van der Waals surface area contributed by atoms with Crippen LogP contribution < -0.4 is 5.73 Å². The van der Waals surface area contributed by atoms with Crippen LogP contribution in [-0.4, -0.2) is 15.0 Å². The summed E-state index contributed by atoms with van der Waals surface area (Å²) in [4.78, 5) is 13.2. The van der Waals surface area contributed by atoms with E-state index in [4.69, 9.17) is 12.2 Å². The fourth-order valence-electron chi connectivity index (χ4n) is 2.35. The van der Waals surface area contributed by atoms with Gasteiger partial charge in [-0.15, -0.1) is 6.42 Å². The summed E-state index contributed by atoms with van der Waals surface area (Å²) in [5, 5.41) is 0. The fourth-order valence-corrected chi connectivity index (χ4v) is 2.35. The molecule has 0 amide bonds. The largest absolute Gasteiger partial charge is 0.382 e. The highest BCUT2D eigenvalue weighted by Gasteiger charge is 2.10. The van der Waals surface area contributed by atoms with Crippen molar-refractivity contribution in [3.63, 3.8) is 0 Å². The number of rotatable bonds is 1. The molecule has 2 heterocycles. The first kappa shape index (κ1) is 13.1. The molecular weight excluding hydrogens is 260 g/mol. The van der Waals surface area contributed by atoms with Gasteiger partial charge in [0.2, 0.25) is 0 Å². The van der Waals surface area contributed by atoms with Crippen molar-refractivity contribution in [3.05, 3.63) is 47.3 Å². The molecule has 2 aromatic heterocycles. The third-order valence-corrected chi connectivity index (χ3v) is 3.30. The Hall–Kier alpha value is -2.93. The molecule has 0 bridgehead atoms. The summed E-state index contributed by atoms with van der Waals surface area (Å²) < 4.78 is 0. The maximum absolute atomic E-state index is 5.96. The van der Waals surface area contributed by atoms with E-state index in [0.29, 0.717) is 17.2 Å². The lowest BCUT2D eigenvalue weighted by Gasteiger charge is -2.09. The standard InChI is InChI=1S/C17H14N4/c1-4-12-6-5-7-13(9-12)15-10(2)8-14-16(21-15)17(18)20-11(3)19-14/h1,5-9H,2-3H3,(H2,18,19,20). The van der Waals surface area contributed by atoms with Crippen molar-refractivity contribution >= 4 is 16.9 Å². The van der Waals surface area contributed by atoms with E-state index in [1.165, 1.54) is 0 Å². The maximum Gasteiger partial charge on any atom is 0.153 e. The second kappa shape index (κ2) is 4.88. The third kappa shape index (κ3) is 2.30. The second-order valence-corrected chi connectivity index (χ2v) is 4.90. The summed E-state index contributed by atoms with van der Waals surface area (Å²) in [5.74, 6) is 3.67. The molecule has 0 aliphatic heterocycles. The Labute approximate surface area is 123 Å². The lowest BCUT2D eigenvalue weighted by atomic mass is 10.0. The maximum atomic E-state index is 5.96. The Morgan fingerprint density at radius 3 is 2.67 bits per heavy atom.